The number of hydrogen-bond acceptors (Lipinski definition) is 9. The second-order valence-corrected chi connectivity index (χ2v) is 8.13. The van der Waals surface area contributed by atoms with Gasteiger partial charge in [0.2, 0.25) is 0 Å². The molecule has 180 valence electrons. The number of carbonyl (C=O) groups excluding carboxylic acids is 1. The van der Waals surface area contributed by atoms with Crippen LogP contribution in [0.25, 0.3) is 33.4 Å². The third kappa shape index (κ3) is 4.39. The highest BCUT2D eigenvalue weighted by molar-refractivity contribution is 5.97. The van der Waals surface area contributed by atoms with Gasteiger partial charge in [0, 0.05) is 35.8 Å². The molecule has 35 heavy (non-hydrogen) atoms. The number of amides is 1. The van der Waals surface area contributed by atoms with Crippen LogP contribution in [0.15, 0.2) is 55.0 Å². The van der Waals surface area contributed by atoms with Crippen LogP contribution in [0.5, 0.6) is 11.5 Å². The number of carbonyl (C=O) groups is 1. The summed E-state index contributed by atoms with van der Waals surface area (Å²) in [7, 11) is 3.34. The molecule has 3 heterocycles. The zero-order chi connectivity index (χ0) is 24.5. The lowest BCUT2D eigenvalue weighted by Gasteiger charge is -2.35. The molecule has 1 aliphatic rings. The molecule has 0 radical (unpaired) electrons. The maximum absolute atomic E-state index is 12.9. The number of methoxy groups -OCH3 is 1. The highest BCUT2D eigenvalue weighted by Gasteiger charge is 2.30. The molecule has 1 amide bonds. The second kappa shape index (κ2) is 9.29. The first-order chi connectivity index (χ1) is 16.9. The molecule has 1 fully saturated rings. The monoisotopic (exact) mass is 475 g/mol. The minimum atomic E-state index is -0.670. The van der Waals surface area contributed by atoms with Gasteiger partial charge in [0.25, 0.3) is 0 Å². The van der Waals surface area contributed by atoms with Crippen LogP contribution in [0, 0.1) is 0 Å². The Morgan fingerprint density at radius 3 is 2.69 bits per heavy atom. The summed E-state index contributed by atoms with van der Waals surface area (Å²) in [6.45, 7) is 0.229. The standard InChI is InChI=1S/C24H25N7O4/c1-30-10-16(22(29-30)14-6-4-3-5-7-14)23-15-8-19(18(33-2)9-17(15)27-13-28-23)35-24(32)31-11-21(26)34-12-20(31)25/h3-10,13,20-21H,11-12,25-26H2,1-2H3/t20-,21-/m1/s1. The predicted molar refractivity (Wildman–Crippen MR) is 128 cm³/mol. The third-order valence-corrected chi connectivity index (χ3v) is 5.74. The first kappa shape index (κ1) is 22.7. The number of ether oxygens (including phenoxy) is 3. The van der Waals surface area contributed by atoms with Gasteiger partial charge in [-0.25, -0.2) is 14.8 Å². The molecular formula is C24H25N7O4. The van der Waals surface area contributed by atoms with E-state index in [-0.39, 0.29) is 18.9 Å². The molecule has 1 aliphatic heterocycles. The van der Waals surface area contributed by atoms with Crippen LogP contribution in [0.3, 0.4) is 0 Å². The van der Waals surface area contributed by atoms with Crippen LogP contribution in [0.1, 0.15) is 0 Å². The number of benzene rings is 2. The van der Waals surface area contributed by atoms with E-state index in [9.17, 15) is 4.79 Å². The number of fused-ring (bicyclic) bond motifs is 1. The topological polar surface area (TPSA) is 144 Å². The van der Waals surface area contributed by atoms with E-state index in [0.717, 1.165) is 16.8 Å². The predicted octanol–water partition coefficient (Wildman–Crippen LogP) is 2.11. The van der Waals surface area contributed by atoms with Gasteiger partial charge in [-0.05, 0) is 6.07 Å². The Bertz CT molecular complexity index is 1380. The molecule has 4 aromatic rings. The average Bonchev–Trinajstić information content (AvgIpc) is 3.26. The van der Waals surface area contributed by atoms with E-state index in [4.69, 9.17) is 25.7 Å². The lowest BCUT2D eigenvalue weighted by atomic mass is 10.0. The molecule has 11 nitrogen and oxygen atoms in total. The van der Waals surface area contributed by atoms with Gasteiger partial charge in [-0.3, -0.25) is 9.58 Å². The highest BCUT2D eigenvalue weighted by atomic mass is 16.6. The van der Waals surface area contributed by atoms with Gasteiger partial charge in [0.15, 0.2) is 11.5 Å². The summed E-state index contributed by atoms with van der Waals surface area (Å²) in [5.74, 6) is 0.551. The lowest BCUT2D eigenvalue weighted by Crippen LogP contribution is -2.59. The molecule has 2 atom stereocenters. The van der Waals surface area contributed by atoms with E-state index in [1.165, 1.54) is 18.3 Å². The van der Waals surface area contributed by atoms with Crippen molar-refractivity contribution in [3.05, 3.63) is 55.0 Å². The minimum Gasteiger partial charge on any atom is -0.493 e. The van der Waals surface area contributed by atoms with Gasteiger partial charge in [0.1, 0.15) is 24.4 Å². The van der Waals surface area contributed by atoms with E-state index in [1.807, 2.05) is 43.6 Å². The number of aromatic nitrogens is 4. The first-order valence-electron chi connectivity index (χ1n) is 11.0. The van der Waals surface area contributed by atoms with E-state index in [0.29, 0.717) is 22.3 Å². The van der Waals surface area contributed by atoms with Crippen LogP contribution in [0.2, 0.25) is 0 Å². The summed E-state index contributed by atoms with van der Waals surface area (Å²) in [4.78, 5) is 23.2. The Balaban J connectivity index is 1.59. The Morgan fingerprint density at radius 2 is 1.91 bits per heavy atom. The van der Waals surface area contributed by atoms with Crippen LogP contribution in [-0.4, -0.2) is 63.4 Å². The zero-order valence-corrected chi connectivity index (χ0v) is 19.3. The molecule has 0 spiro atoms. The van der Waals surface area contributed by atoms with Crippen molar-refractivity contribution in [2.75, 3.05) is 20.3 Å². The molecule has 0 bridgehead atoms. The van der Waals surface area contributed by atoms with Crippen molar-refractivity contribution in [2.45, 2.75) is 12.4 Å². The molecule has 0 saturated carbocycles. The number of morpholine rings is 1. The number of nitrogens with two attached hydrogens (primary N) is 2. The summed E-state index contributed by atoms with van der Waals surface area (Å²) in [5.41, 5.74) is 15.6. The van der Waals surface area contributed by atoms with E-state index in [2.05, 4.69) is 15.1 Å². The summed E-state index contributed by atoms with van der Waals surface area (Å²) in [5, 5.41) is 5.32. The van der Waals surface area contributed by atoms with Crippen molar-refractivity contribution in [1.29, 1.82) is 0 Å². The molecule has 11 heteroatoms. The number of hydrogen-bond donors (Lipinski definition) is 2. The third-order valence-electron chi connectivity index (χ3n) is 5.74. The van der Waals surface area contributed by atoms with Crippen molar-refractivity contribution >= 4 is 17.0 Å². The van der Waals surface area contributed by atoms with Gasteiger partial charge in [0.05, 0.1) is 31.5 Å². The van der Waals surface area contributed by atoms with Gasteiger partial charge in [-0.1, -0.05) is 30.3 Å². The molecule has 1 saturated heterocycles. The Kier molecular flexibility index (Phi) is 6.03. The molecule has 0 unspecified atom stereocenters. The Morgan fingerprint density at radius 1 is 1.11 bits per heavy atom. The summed E-state index contributed by atoms with van der Waals surface area (Å²) in [6, 6.07) is 13.2. The quantitative estimate of drug-likeness (QED) is 0.453. The van der Waals surface area contributed by atoms with Gasteiger partial charge in [-0.15, -0.1) is 0 Å². The largest absolute Gasteiger partial charge is 0.493 e. The maximum Gasteiger partial charge on any atom is 0.416 e. The molecule has 2 aromatic carbocycles. The maximum atomic E-state index is 12.9. The molecule has 4 N–H and O–H groups in total. The zero-order valence-electron chi connectivity index (χ0n) is 19.3. The van der Waals surface area contributed by atoms with Crippen molar-refractivity contribution < 1.29 is 19.0 Å². The SMILES string of the molecule is COc1cc2ncnc(-c3cn(C)nc3-c3ccccc3)c2cc1OC(=O)N1C[C@H](N)OC[C@@H]1N. The first-order valence-corrected chi connectivity index (χ1v) is 11.0. The van der Waals surface area contributed by atoms with Crippen molar-refractivity contribution in [2.24, 2.45) is 18.5 Å². The minimum absolute atomic E-state index is 0.111. The average molecular weight is 476 g/mol. The smallest absolute Gasteiger partial charge is 0.416 e. The van der Waals surface area contributed by atoms with Gasteiger partial charge >= 0.3 is 6.09 Å². The Hall–Kier alpha value is -4.06. The fourth-order valence-corrected chi connectivity index (χ4v) is 4.05. The number of aryl methyl sites for hydroxylation is 1. The molecule has 2 aromatic heterocycles. The summed E-state index contributed by atoms with van der Waals surface area (Å²) in [6.07, 6.45) is 1.42. The second-order valence-electron chi connectivity index (χ2n) is 8.13. The number of rotatable bonds is 4. The summed E-state index contributed by atoms with van der Waals surface area (Å²) >= 11 is 0. The fraction of sp³-hybridized carbons (Fsp3) is 0.250. The van der Waals surface area contributed by atoms with Crippen molar-refractivity contribution in [1.82, 2.24) is 24.6 Å². The Labute approximate surface area is 201 Å². The van der Waals surface area contributed by atoms with E-state index < -0.39 is 18.5 Å². The van der Waals surface area contributed by atoms with Crippen LogP contribution >= 0.6 is 0 Å². The van der Waals surface area contributed by atoms with Crippen LogP contribution in [-0.2, 0) is 11.8 Å². The van der Waals surface area contributed by atoms with Crippen LogP contribution < -0.4 is 20.9 Å². The molecular weight excluding hydrogens is 450 g/mol. The van der Waals surface area contributed by atoms with E-state index >= 15 is 0 Å². The highest BCUT2D eigenvalue weighted by Crippen LogP contribution is 2.38. The molecule has 5 rings (SSSR count). The van der Waals surface area contributed by atoms with Crippen LogP contribution in [0.4, 0.5) is 4.79 Å². The molecule has 0 aliphatic carbocycles. The fourth-order valence-electron chi connectivity index (χ4n) is 4.05. The van der Waals surface area contributed by atoms with Gasteiger partial charge in [-0.2, -0.15) is 5.10 Å². The van der Waals surface area contributed by atoms with E-state index in [1.54, 1.807) is 16.8 Å². The lowest BCUT2D eigenvalue weighted by molar-refractivity contribution is -0.0476. The normalized spacial score (nSPS) is 18.0. The number of nitrogens with zero attached hydrogens (tertiary/aromatic N) is 5. The van der Waals surface area contributed by atoms with Crippen molar-refractivity contribution in [3.63, 3.8) is 0 Å². The summed E-state index contributed by atoms with van der Waals surface area (Å²) < 4.78 is 18.2. The van der Waals surface area contributed by atoms with Crippen molar-refractivity contribution in [3.8, 4) is 34.0 Å². The van der Waals surface area contributed by atoms with Gasteiger partial charge < -0.3 is 25.7 Å².